The van der Waals surface area contributed by atoms with Crippen LogP contribution in [0.5, 0.6) is 0 Å². The van der Waals surface area contributed by atoms with Gasteiger partial charge in [-0.2, -0.15) is 26.3 Å². The van der Waals surface area contributed by atoms with Crippen LogP contribution in [0.15, 0.2) is 83.3 Å². The Kier molecular flexibility index (Phi) is 6.08. The molecule has 0 saturated heterocycles. The Bertz CT molecular complexity index is 1300. The van der Waals surface area contributed by atoms with E-state index in [2.05, 4.69) is 0 Å². The minimum Gasteiger partial charge on any atom is -0.452 e. The van der Waals surface area contributed by atoms with Gasteiger partial charge < -0.3 is 4.42 Å². The first-order chi connectivity index (χ1) is 16.0. The molecule has 0 aliphatic rings. The van der Waals surface area contributed by atoms with Crippen molar-refractivity contribution in [1.29, 1.82) is 0 Å². The first kappa shape index (κ1) is 23.4. The maximum Gasteiger partial charge on any atom is 0.416 e. The highest BCUT2D eigenvalue weighted by molar-refractivity contribution is 5.81. The SMILES string of the molecule is Fc1c(-c2ccc(C(F)(F)F)cc2)oc(-c2ccccc2)c1/C=C/c1ccc(C(F)(F)F)cc1. The average molecular weight is 476 g/mol. The molecule has 0 radical (unpaired) electrons. The molecule has 0 spiro atoms. The molecule has 34 heavy (non-hydrogen) atoms. The molecule has 4 rings (SSSR count). The number of hydrogen-bond donors (Lipinski definition) is 0. The third-order valence-electron chi connectivity index (χ3n) is 5.08. The lowest BCUT2D eigenvalue weighted by Crippen LogP contribution is -2.04. The van der Waals surface area contributed by atoms with E-state index in [9.17, 15) is 26.3 Å². The van der Waals surface area contributed by atoms with Gasteiger partial charge in [0.05, 0.1) is 16.7 Å². The van der Waals surface area contributed by atoms with E-state index in [1.807, 2.05) is 0 Å². The zero-order valence-electron chi connectivity index (χ0n) is 17.2. The van der Waals surface area contributed by atoms with Crippen molar-refractivity contribution in [3.8, 4) is 22.6 Å². The standard InChI is InChI=1S/C26H15F7O/c27-22-21(15-8-16-6-11-19(12-7-16)25(28,29)30)23(17-4-2-1-3-5-17)34-24(22)18-9-13-20(14-10-18)26(31,32)33/h1-15H/b15-8+. The maximum absolute atomic E-state index is 15.4. The summed E-state index contributed by atoms with van der Waals surface area (Å²) in [6.07, 6.45) is -6.23. The van der Waals surface area contributed by atoms with E-state index in [0.29, 0.717) is 11.1 Å². The van der Waals surface area contributed by atoms with Crippen LogP contribution in [0.3, 0.4) is 0 Å². The molecule has 1 nitrogen and oxygen atoms in total. The van der Waals surface area contributed by atoms with Gasteiger partial charge in [0.2, 0.25) is 0 Å². The van der Waals surface area contributed by atoms with Crippen molar-refractivity contribution in [2.75, 3.05) is 0 Å². The zero-order chi connectivity index (χ0) is 24.5. The molecular formula is C26H15F7O. The van der Waals surface area contributed by atoms with Gasteiger partial charge in [-0.25, -0.2) is 4.39 Å². The van der Waals surface area contributed by atoms with Crippen LogP contribution < -0.4 is 0 Å². The molecule has 3 aromatic carbocycles. The monoisotopic (exact) mass is 476 g/mol. The molecule has 1 aromatic heterocycles. The number of furan rings is 1. The lowest BCUT2D eigenvalue weighted by atomic mass is 10.0. The molecule has 0 unspecified atom stereocenters. The summed E-state index contributed by atoms with van der Waals surface area (Å²) >= 11 is 0. The third kappa shape index (κ3) is 4.90. The van der Waals surface area contributed by atoms with Crippen LogP contribution in [0.1, 0.15) is 22.3 Å². The summed E-state index contributed by atoms with van der Waals surface area (Å²) in [7, 11) is 0. The van der Waals surface area contributed by atoms with Crippen LogP contribution in [-0.2, 0) is 12.4 Å². The Morgan fingerprint density at radius 3 is 1.59 bits per heavy atom. The van der Waals surface area contributed by atoms with E-state index in [4.69, 9.17) is 4.42 Å². The van der Waals surface area contributed by atoms with Gasteiger partial charge in [0.15, 0.2) is 11.6 Å². The normalized spacial score (nSPS) is 12.4. The lowest BCUT2D eigenvalue weighted by Gasteiger charge is -2.06. The van der Waals surface area contributed by atoms with Gasteiger partial charge in [-0.15, -0.1) is 0 Å². The molecule has 0 atom stereocenters. The Morgan fingerprint density at radius 2 is 1.06 bits per heavy atom. The van der Waals surface area contributed by atoms with Gasteiger partial charge in [-0.3, -0.25) is 0 Å². The Balaban J connectivity index is 1.76. The largest absolute Gasteiger partial charge is 0.452 e. The van der Waals surface area contributed by atoms with E-state index in [0.717, 1.165) is 36.4 Å². The summed E-state index contributed by atoms with van der Waals surface area (Å²) in [6.45, 7) is 0. The summed E-state index contributed by atoms with van der Waals surface area (Å²) in [5.74, 6) is -0.919. The number of rotatable bonds is 4. The number of alkyl halides is 6. The Labute approximate surface area is 189 Å². The fraction of sp³-hybridized carbons (Fsp3) is 0.0769. The maximum atomic E-state index is 15.4. The summed E-state index contributed by atoms with van der Waals surface area (Å²) in [5, 5.41) is 0. The molecule has 0 fully saturated rings. The molecular weight excluding hydrogens is 461 g/mol. The van der Waals surface area contributed by atoms with Crippen molar-refractivity contribution in [3.05, 3.63) is 107 Å². The average Bonchev–Trinajstić information content (AvgIpc) is 3.13. The van der Waals surface area contributed by atoms with E-state index < -0.39 is 29.3 Å². The van der Waals surface area contributed by atoms with E-state index in [1.165, 1.54) is 24.3 Å². The highest BCUT2D eigenvalue weighted by Gasteiger charge is 2.31. The van der Waals surface area contributed by atoms with Gasteiger partial charge in [-0.05, 0) is 35.9 Å². The molecule has 1 heterocycles. The Hall–Kier alpha value is -3.81. The summed E-state index contributed by atoms with van der Waals surface area (Å²) < 4.78 is 98.1. The molecule has 0 N–H and O–H groups in total. The minimum atomic E-state index is -4.54. The second-order valence-electron chi connectivity index (χ2n) is 7.38. The topological polar surface area (TPSA) is 13.1 Å². The highest BCUT2D eigenvalue weighted by Crippen LogP contribution is 2.38. The third-order valence-corrected chi connectivity index (χ3v) is 5.08. The van der Waals surface area contributed by atoms with Crippen molar-refractivity contribution in [3.63, 3.8) is 0 Å². The van der Waals surface area contributed by atoms with E-state index >= 15 is 4.39 Å². The van der Waals surface area contributed by atoms with Crippen LogP contribution >= 0.6 is 0 Å². The smallest absolute Gasteiger partial charge is 0.416 e. The summed E-state index contributed by atoms with van der Waals surface area (Å²) in [6, 6.07) is 16.7. The molecule has 0 bridgehead atoms. The predicted octanol–water partition coefficient (Wildman–Crippen LogP) is 8.96. The van der Waals surface area contributed by atoms with Gasteiger partial charge >= 0.3 is 12.4 Å². The lowest BCUT2D eigenvalue weighted by molar-refractivity contribution is -0.138. The zero-order valence-corrected chi connectivity index (χ0v) is 17.2. The van der Waals surface area contributed by atoms with Gasteiger partial charge in [0.1, 0.15) is 5.76 Å². The van der Waals surface area contributed by atoms with Crippen LogP contribution in [0, 0.1) is 5.82 Å². The Morgan fingerprint density at radius 1 is 0.559 bits per heavy atom. The van der Waals surface area contributed by atoms with Crippen molar-refractivity contribution in [2.45, 2.75) is 12.4 Å². The molecule has 0 aliphatic carbocycles. The first-order valence-corrected chi connectivity index (χ1v) is 9.95. The van der Waals surface area contributed by atoms with Gasteiger partial charge in [0, 0.05) is 11.1 Å². The second-order valence-corrected chi connectivity index (χ2v) is 7.38. The first-order valence-electron chi connectivity index (χ1n) is 9.95. The summed E-state index contributed by atoms with van der Waals surface area (Å²) in [4.78, 5) is 0. The highest BCUT2D eigenvalue weighted by atomic mass is 19.4. The van der Waals surface area contributed by atoms with Crippen LogP contribution in [-0.4, -0.2) is 0 Å². The number of hydrogen-bond acceptors (Lipinski definition) is 1. The van der Waals surface area contributed by atoms with Crippen LogP contribution in [0.25, 0.3) is 34.8 Å². The summed E-state index contributed by atoms with van der Waals surface area (Å²) in [5.41, 5.74) is -0.657. The molecule has 0 amide bonds. The van der Waals surface area contributed by atoms with Crippen molar-refractivity contribution in [2.24, 2.45) is 0 Å². The number of benzene rings is 3. The molecule has 174 valence electrons. The van der Waals surface area contributed by atoms with Crippen molar-refractivity contribution in [1.82, 2.24) is 0 Å². The molecule has 0 aliphatic heterocycles. The quantitative estimate of drug-likeness (QED) is 0.268. The fourth-order valence-electron chi connectivity index (χ4n) is 3.34. The molecule has 4 aromatic rings. The van der Waals surface area contributed by atoms with E-state index in [1.54, 1.807) is 30.3 Å². The molecule has 0 saturated carbocycles. The van der Waals surface area contributed by atoms with E-state index in [-0.39, 0.29) is 22.6 Å². The molecule has 8 heteroatoms. The van der Waals surface area contributed by atoms with Crippen LogP contribution in [0.4, 0.5) is 30.7 Å². The van der Waals surface area contributed by atoms with Crippen LogP contribution in [0.2, 0.25) is 0 Å². The van der Waals surface area contributed by atoms with Crippen molar-refractivity contribution < 1.29 is 35.2 Å². The second kappa shape index (κ2) is 8.85. The van der Waals surface area contributed by atoms with Crippen molar-refractivity contribution >= 4 is 12.2 Å². The fourth-order valence-corrected chi connectivity index (χ4v) is 3.34. The minimum absolute atomic E-state index is 0.0148. The van der Waals surface area contributed by atoms with Gasteiger partial charge in [0.25, 0.3) is 0 Å². The number of halogens is 7. The van der Waals surface area contributed by atoms with Gasteiger partial charge in [-0.1, -0.05) is 60.7 Å². The predicted molar refractivity (Wildman–Crippen MR) is 115 cm³/mol.